The molecule has 5 nitrogen and oxygen atoms in total. The Labute approximate surface area is 171 Å². The highest BCUT2D eigenvalue weighted by Crippen LogP contribution is 2.35. The largest absolute Gasteiger partial charge is 0.454 e. The minimum Gasteiger partial charge on any atom is -0.454 e. The minimum atomic E-state index is -0.292. The van der Waals surface area contributed by atoms with Crippen molar-refractivity contribution in [3.05, 3.63) is 81.0 Å². The van der Waals surface area contributed by atoms with E-state index in [-0.39, 0.29) is 25.2 Å². The third-order valence-corrected chi connectivity index (χ3v) is 6.09. The zero-order chi connectivity index (χ0) is 20.0. The molecule has 0 bridgehead atoms. The molecule has 3 heterocycles. The van der Waals surface area contributed by atoms with E-state index in [4.69, 9.17) is 9.47 Å². The van der Waals surface area contributed by atoms with E-state index in [0.29, 0.717) is 28.2 Å². The van der Waals surface area contributed by atoms with Gasteiger partial charge in [0.1, 0.15) is 0 Å². The molecular formula is C23H17NO4S. The molecule has 0 aliphatic carbocycles. The van der Waals surface area contributed by atoms with Gasteiger partial charge >= 0.3 is 0 Å². The summed E-state index contributed by atoms with van der Waals surface area (Å²) in [6, 6.07) is 14.8. The molecule has 2 aromatic carbocycles. The number of carbonyl (C=O) groups excluding carboxylic acids is 2. The summed E-state index contributed by atoms with van der Waals surface area (Å²) in [5.74, 6) is 0.719. The highest BCUT2D eigenvalue weighted by Gasteiger charge is 2.35. The van der Waals surface area contributed by atoms with E-state index in [9.17, 15) is 9.59 Å². The fourth-order valence-corrected chi connectivity index (χ4v) is 4.43. The summed E-state index contributed by atoms with van der Waals surface area (Å²) in [5, 5.41) is 2.00. The molecule has 0 saturated heterocycles. The van der Waals surface area contributed by atoms with Crippen molar-refractivity contribution in [3.63, 3.8) is 0 Å². The molecule has 0 atom stereocenters. The molecule has 0 fully saturated rings. The molecule has 5 rings (SSSR count). The van der Waals surface area contributed by atoms with E-state index < -0.39 is 0 Å². The van der Waals surface area contributed by atoms with Crippen molar-refractivity contribution >= 4 is 34.8 Å². The second kappa shape index (κ2) is 6.90. The molecular weight excluding hydrogens is 386 g/mol. The Bertz CT molecular complexity index is 1180. The zero-order valence-electron chi connectivity index (χ0n) is 15.7. The lowest BCUT2D eigenvalue weighted by atomic mass is 9.92. The van der Waals surface area contributed by atoms with Crippen molar-refractivity contribution in [2.24, 2.45) is 0 Å². The third-order valence-electron chi connectivity index (χ3n) is 5.12. The molecule has 2 aliphatic rings. The third kappa shape index (κ3) is 3.02. The van der Waals surface area contributed by atoms with Crippen LogP contribution >= 0.6 is 11.3 Å². The summed E-state index contributed by atoms with van der Waals surface area (Å²) in [5.41, 5.74) is 3.66. The predicted octanol–water partition coefficient (Wildman–Crippen LogP) is 4.51. The van der Waals surface area contributed by atoms with Crippen LogP contribution in [0.5, 0.6) is 11.5 Å². The van der Waals surface area contributed by atoms with Crippen LogP contribution in [0.4, 0.5) is 0 Å². The fourth-order valence-electron chi connectivity index (χ4n) is 3.57. The van der Waals surface area contributed by atoms with Crippen LogP contribution in [0.1, 0.15) is 31.9 Å². The van der Waals surface area contributed by atoms with Crippen LogP contribution in [0.15, 0.2) is 53.9 Å². The summed E-state index contributed by atoms with van der Waals surface area (Å²) in [6.45, 7) is 2.36. The van der Waals surface area contributed by atoms with Crippen molar-refractivity contribution in [1.82, 2.24) is 4.90 Å². The first-order chi connectivity index (χ1) is 14.1. The van der Waals surface area contributed by atoms with Crippen LogP contribution in [0.3, 0.4) is 0 Å². The SMILES string of the molecule is Cc1ccsc1/C=C1/C(=O)N(Cc2ccc3c(c2)OCO3)C(=O)c2ccccc21. The van der Waals surface area contributed by atoms with E-state index in [1.165, 1.54) is 4.90 Å². The van der Waals surface area contributed by atoms with Crippen molar-refractivity contribution < 1.29 is 19.1 Å². The molecule has 3 aromatic rings. The van der Waals surface area contributed by atoms with Crippen molar-refractivity contribution in [2.75, 3.05) is 6.79 Å². The van der Waals surface area contributed by atoms with Gasteiger partial charge in [0.25, 0.3) is 11.8 Å². The number of nitrogens with zero attached hydrogens (tertiary/aromatic N) is 1. The van der Waals surface area contributed by atoms with Crippen molar-refractivity contribution in [2.45, 2.75) is 13.5 Å². The molecule has 6 heteroatoms. The smallest absolute Gasteiger partial charge is 0.261 e. The first-order valence-corrected chi connectivity index (χ1v) is 10.1. The second-order valence-electron chi connectivity index (χ2n) is 6.96. The van der Waals surface area contributed by atoms with Gasteiger partial charge in [0, 0.05) is 16.0 Å². The summed E-state index contributed by atoms with van der Waals surface area (Å²) in [7, 11) is 0. The summed E-state index contributed by atoms with van der Waals surface area (Å²) in [6.07, 6.45) is 1.89. The summed E-state index contributed by atoms with van der Waals surface area (Å²) < 4.78 is 10.8. The number of ether oxygens (including phenoxy) is 2. The average Bonchev–Trinajstić information content (AvgIpc) is 3.36. The molecule has 144 valence electrons. The van der Waals surface area contributed by atoms with Crippen LogP contribution < -0.4 is 9.47 Å². The first-order valence-electron chi connectivity index (χ1n) is 9.22. The summed E-state index contributed by atoms with van der Waals surface area (Å²) >= 11 is 1.58. The van der Waals surface area contributed by atoms with E-state index in [2.05, 4.69) is 0 Å². The van der Waals surface area contributed by atoms with Gasteiger partial charge in [-0.2, -0.15) is 0 Å². The molecule has 0 radical (unpaired) electrons. The van der Waals surface area contributed by atoms with Gasteiger partial charge in [0.2, 0.25) is 6.79 Å². The Morgan fingerprint density at radius 2 is 1.79 bits per heavy atom. The topological polar surface area (TPSA) is 55.8 Å². The van der Waals surface area contributed by atoms with Gasteiger partial charge in [-0.1, -0.05) is 24.3 Å². The number of thiophene rings is 1. The normalized spacial score (nSPS) is 16.4. The van der Waals surface area contributed by atoms with E-state index in [1.807, 2.05) is 54.8 Å². The highest BCUT2D eigenvalue weighted by molar-refractivity contribution is 7.11. The molecule has 2 amide bonds. The van der Waals surface area contributed by atoms with Gasteiger partial charge in [-0.3, -0.25) is 14.5 Å². The quantitative estimate of drug-likeness (QED) is 0.477. The summed E-state index contributed by atoms with van der Waals surface area (Å²) in [4.78, 5) is 28.8. The Kier molecular flexibility index (Phi) is 4.21. The number of fused-ring (bicyclic) bond motifs is 2. The average molecular weight is 403 g/mol. The Hall–Kier alpha value is -3.38. The molecule has 0 N–H and O–H groups in total. The maximum absolute atomic E-state index is 13.4. The Balaban J connectivity index is 1.56. The molecule has 0 spiro atoms. The van der Waals surface area contributed by atoms with Crippen LogP contribution in [-0.2, 0) is 11.3 Å². The van der Waals surface area contributed by atoms with E-state index >= 15 is 0 Å². The van der Waals surface area contributed by atoms with Gasteiger partial charge in [0.05, 0.1) is 6.54 Å². The lowest BCUT2D eigenvalue weighted by Crippen LogP contribution is -2.41. The number of benzene rings is 2. The van der Waals surface area contributed by atoms with Gasteiger partial charge in [-0.15, -0.1) is 11.3 Å². The van der Waals surface area contributed by atoms with Gasteiger partial charge in [0.15, 0.2) is 11.5 Å². The maximum atomic E-state index is 13.4. The first kappa shape index (κ1) is 17.7. The minimum absolute atomic E-state index is 0.170. The van der Waals surface area contributed by atoms with Crippen LogP contribution in [0.2, 0.25) is 0 Å². The molecule has 1 aromatic heterocycles. The van der Waals surface area contributed by atoms with Crippen molar-refractivity contribution in [1.29, 1.82) is 0 Å². The van der Waals surface area contributed by atoms with Gasteiger partial charge < -0.3 is 9.47 Å². The number of imide groups is 1. The molecule has 0 saturated carbocycles. The predicted molar refractivity (Wildman–Crippen MR) is 111 cm³/mol. The lowest BCUT2D eigenvalue weighted by Gasteiger charge is -2.28. The molecule has 0 unspecified atom stereocenters. The van der Waals surface area contributed by atoms with E-state index in [0.717, 1.165) is 16.0 Å². The number of aryl methyl sites for hydroxylation is 1. The maximum Gasteiger partial charge on any atom is 0.261 e. The van der Waals surface area contributed by atoms with Crippen molar-refractivity contribution in [3.8, 4) is 11.5 Å². The Morgan fingerprint density at radius 1 is 1.00 bits per heavy atom. The van der Waals surface area contributed by atoms with Gasteiger partial charge in [-0.05, 0) is 59.3 Å². The number of hydrogen-bond acceptors (Lipinski definition) is 5. The number of amides is 2. The second-order valence-corrected chi connectivity index (χ2v) is 7.90. The molecule has 2 aliphatic heterocycles. The van der Waals surface area contributed by atoms with E-state index in [1.54, 1.807) is 23.5 Å². The monoisotopic (exact) mass is 403 g/mol. The lowest BCUT2D eigenvalue weighted by molar-refractivity contribution is -0.123. The van der Waals surface area contributed by atoms with Crippen LogP contribution in [0.25, 0.3) is 11.6 Å². The Morgan fingerprint density at radius 3 is 2.59 bits per heavy atom. The number of hydrogen-bond donors (Lipinski definition) is 0. The fraction of sp³-hybridized carbons (Fsp3) is 0.130. The standard InChI is InChI=1S/C23H17NO4S/c1-14-8-9-29-21(14)11-18-16-4-2-3-5-17(16)22(25)24(23(18)26)12-15-6-7-19-20(10-15)28-13-27-19/h2-11H,12-13H2,1H3/b18-11+. The van der Waals surface area contributed by atoms with Gasteiger partial charge in [-0.25, -0.2) is 0 Å². The highest BCUT2D eigenvalue weighted by atomic mass is 32.1. The van der Waals surface area contributed by atoms with Crippen LogP contribution in [-0.4, -0.2) is 23.5 Å². The zero-order valence-corrected chi connectivity index (χ0v) is 16.5. The number of rotatable bonds is 3. The van der Waals surface area contributed by atoms with Crippen LogP contribution in [0, 0.1) is 6.92 Å². The number of carbonyl (C=O) groups is 2. The molecule has 29 heavy (non-hydrogen) atoms.